The summed E-state index contributed by atoms with van der Waals surface area (Å²) in [6.07, 6.45) is 4.35. The maximum absolute atomic E-state index is 10.9. The molecular formula is C11H14BrN3O3. The minimum atomic E-state index is -0.453. The predicted molar refractivity (Wildman–Crippen MR) is 70.5 cm³/mol. The van der Waals surface area contributed by atoms with Crippen molar-refractivity contribution < 1.29 is 10.0 Å². The molecule has 2 rings (SSSR count). The SMILES string of the molecule is O=[N+]([O-])c1cc(Br)cnc1NCC1(CCO)CC1. The molecule has 6 nitrogen and oxygen atoms in total. The van der Waals surface area contributed by atoms with E-state index in [1.165, 1.54) is 12.3 Å². The Kier molecular flexibility index (Phi) is 3.82. The van der Waals surface area contributed by atoms with E-state index >= 15 is 0 Å². The highest BCUT2D eigenvalue weighted by Crippen LogP contribution is 2.48. The van der Waals surface area contributed by atoms with Crippen LogP contribution in [0.15, 0.2) is 16.7 Å². The van der Waals surface area contributed by atoms with E-state index in [4.69, 9.17) is 5.11 Å². The number of pyridine rings is 1. The molecule has 0 radical (unpaired) electrons. The zero-order valence-electron chi connectivity index (χ0n) is 9.73. The largest absolute Gasteiger partial charge is 0.396 e. The normalized spacial score (nSPS) is 16.3. The number of nitrogens with zero attached hydrogens (tertiary/aromatic N) is 2. The second-order valence-electron chi connectivity index (χ2n) is 4.61. The van der Waals surface area contributed by atoms with Crippen LogP contribution in [0.25, 0.3) is 0 Å². The van der Waals surface area contributed by atoms with Crippen molar-refractivity contribution in [1.82, 2.24) is 4.98 Å². The van der Waals surface area contributed by atoms with Crippen LogP contribution in [0.1, 0.15) is 19.3 Å². The first-order chi connectivity index (χ1) is 8.56. The molecule has 1 aliphatic carbocycles. The zero-order chi connectivity index (χ0) is 13.2. The number of anilines is 1. The van der Waals surface area contributed by atoms with Crippen LogP contribution in [0, 0.1) is 15.5 Å². The molecule has 0 spiro atoms. The minimum absolute atomic E-state index is 0.0378. The van der Waals surface area contributed by atoms with Crippen LogP contribution < -0.4 is 5.32 Å². The summed E-state index contributed by atoms with van der Waals surface area (Å²) >= 11 is 3.16. The molecule has 0 unspecified atom stereocenters. The van der Waals surface area contributed by atoms with Crippen molar-refractivity contribution in [1.29, 1.82) is 0 Å². The summed E-state index contributed by atoms with van der Waals surface area (Å²) in [4.78, 5) is 14.5. The number of nitro groups is 1. The second kappa shape index (κ2) is 5.19. The van der Waals surface area contributed by atoms with Gasteiger partial charge in [-0.25, -0.2) is 4.98 Å². The Morgan fingerprint density at radius 2 is 2.33 bits per heavy atom. The lowest BCUT2D eigenvalue weighted by Gasteiger charge is -2.14. The third kappa shape index (κ3) is 2.97. The number of halogens is 1. The fourth-order valence-electron chi connectivity index (χ4n) is 1.90. The highest BCUT2D eigenvalue weighted by Gasteiger charge is 2.41. The van der Waals surface area contributed by atoms with Gasteiger partial charge in [-0.05, 0) is 40.6 Å². The van der Waals surface area contributed by atoms with Crippen LogP contribution in [0.4, 0.5) is 11.5 Å². The van der Waals surface area contributed by atoms with E-state index < -0.39 is 4.92 Å². The Bertz CT molecular complexity index is 463. The number of aromatic nitrogens is 1. The Hall–Kier alpha value is -1.21. The summed E-state index contributed by atoms with van der Waals surface area (Å²) in [7, 11) is 0. The zero-order valence-corrected chi connectivity index (χ0v) is 11.3. The summed E-state index contributed by atoms with van der Waals surface area (Å²) in [5, 5.41) is 22.9. The average molecular weight is 316 g/mol. The molecular weight excluding hydrogens is 302 g/mol. The first-order valence-electron chi connectivity index (χ1n) is 5.71. The molecule has 1 aromatic rings. The topological polar surface area (TPSA) is 88.3 Å². The average Bonchev–Trinajstić information content (AvgIpc) is 3.08. The van der Waals surface area contributed by atoms with E-state index in [1.54, 1.807) is 0 Å². The van der Waals surface area contributed by atoms with Gasteiger partial charge in [-0.2, -0.15) is 0 Å². The lowest BCUT2D eigenvalue weighted by Crippen LogP contribution is -2.18. The highest BCUT2D eigenvalue weighted by atomic mass is 79.9. The molecule has 1 fully saturated rings. The van der Waals surface area contributed by atoms with Gasteiger partial charge in [0.25, 0.3) is 0 Å². The van der Waals surface area contributed by atoms with Crippen molar-refractivity contribution >= 4 is 27.4 Å². The summed E-state index contributed by atoms with van der Waals surface area (Å²) < 4.78 is 0.580. The van der Waals surface area contributed by atoms with E-state index in [9.17, 15) is 10.1 Å². The van der Waals surface area contributed by atoms with Gasteiger partial charge in [0, 0.05) is 29.9 Å². The number of hydrogen-bond donors (Lipinski definition) is 2. The molecule has 1 saturated carbocycles. The fourth-order valence-corrected chi connectivity index (χ4v) is 2.22. The van der Waals surface area contributed by atoms with Gasteiger partial charge in [0.1, 0.15) is 0 Å². The van der Waals surface area contributed by atoms with Crippen LogP contribution in [-0.2, 0) is 0 Å². The highest BCUT2D eigenvalue weighted by molar-refractivity contribution is 9.10. The van der Waals surface area contributed by atoms with Gasteiger partial charge < -0.3 is 10.4 Å². The van der Waals surface area contributed by atoms with Gasteiger partial charge in [-0.3, -0.25) is 10.1 Å². The monoisotopic (exact) mass is 315 g/mol. The van der Waals surface area contributed by atoms with Crippen LogP contribution in [-0.4, -0.2) is 28.2 Å². The Morgan fingerprint density at radius 3 is 2.89 bits per heavy atom. The van der Waals surface area contributed by atoms with Crippen LogP contribution in [0.3, 0.4) is 0 Å². The molecule has 2 N–H and O–H groups in total. The smallest absolute Gasteiger partial charge is 0.312 e. The molecule has 1 heterocycles. The van der Waals surface area contributed by atoms with Gasteiger partial charge in [0.05, 0.1) is 4.92 Å². The van der Waals surface area contributed by atoms with Crippen molar-refractivity contribution in [3.05, 3.63) is 26.9 Å². The number of aliphatic hydroxyl groups is 1. The minimum Gasteiger partial charge on any atom is -0.396 e. The quantitative estimate of drug-likeness (QED) is 0.621. The lowest BCUT2D eigenvalue weighted by molar-refractivity contribution is -0.384. The van der Waals surface area contributed by atoms with Crippen LogP contribution >= 0.6 is 15.9 Å². The van der Waals surface area contributed by atoms with Gasteiger partial charge in [0.15, 0.2) is 0 Å². The van der Waals surface area contributed by atoms with Crippen LogP contribution in [0.2, 0.25) is 0 Å². The maximum Gasteiger partial charge on any atom is 0.312 e. The fraction of sp³-hybridized carbons (Fsp3) is 0.545. The molecule has 1 aromatic heterocycles. The molecule has 7 heteroatoms. The van der Waals surface area contributed by atoms with Gasteiger partial charge in [0.2, 0.25) is 5.82 Å². The number of nitrogens with one attached hydrogen (secondary N) is 1. The third-order valence-electron chi connectivity index (χ3n) is 3.26. The van der Waals surface area contributed by atoms with Crippen molar-refractivity contribution in [2.24, 2.45) is 5.41 Å². The summed E-state index contributed by atoms with van der Waals surface area (Å²) in [6, 6.07) is 1.43. The first-order valence-corrected chi connectivity index (χ1v) is 6.50. The molecule has 0 atom stereocenters. The van der Waals surface area contributed by atoms with E-state index in [1.807, 2.05) is 0 Å². The van der Waals surface area contributed by atoms with Crippen LogP contribution in [0.5, 0.6) is 0 Å². The van der Waals surface area contributed by atoms with E-state index in [0.29, 0.717) is 11.0 Å². The summed E-state index contributed by atoms with van der Waals surface area (Å²) in [5.41, 5.74) is 0.0568. The Balaban J connectivity index is 2.07. The molecule has 0 amide bonds. The summed E-state index contributed by atoms with van der Waals surface area (Å²) in [6.45, 7) is 0.764. The number of aliphatic hydroxyl groups excluding tert-OH is 1. The number of rotatable bonds is 6. The predicted octanol–water partition coefficient (Wildman–Crippen LogP) is 2.33. The maximum atomic E-state index is 10.9. The first kappa shape index (κ1) is 13.2. The molecule has 0 saturated heterocycles. The van der Waals surface area contributed by atoms with Gasteiger partial charge in [-0.15, -0.1) is 0 Å². The van der Waals surface area contributed by atoms with Crippen molar-refractivity contribution in [3.8, 4) is 0 Å². The number of hydrogen-bond acceptors (Lipinski definition) is 5. The molecule has 98 valence electrons. The molecule has 1 aliphatic rings. The van der Waals surface area contributed by atoms with Gasteiger partial charge >= 0.3 is 5.69 Å². The standard InChI is InChI=1S/C11H14BrN3O3/c12-8-5-9(15(17)18)10(13-6-8)14-7-11(1-2-11)3-4-16/h5-6,16H,1-4,7H2,(H,13,14). The third-order valence-corrected chi connectivity index (χ3v) is 3.69. The van der Waals surface area contributed by atoms with Crippen molar-refractivity contribution in [3.63, 3.8) is 0 Å². The summed E-state index contributed by atoms with van der Waals surface area (Å²) in [5.74, 6) is 0.285. The molecule has 0 aromatic carbocycles. The molecule has 0 aliphatic heterocycles. The van der Waals surface area contributed by atoms with Crippen molar-refractivity contribution in [2.75, 3.05) is 18.5 Å². The van der Waals surface area contributed by atoms with E-state index in [2.05, 4.69) is 26.2 Å². The lowest BCUT2D eigenvalue weighted by atomic mass is 10.0. The van der Waals surface area contributed by atoms with E-state index in [-0.39, 0.29) is 23.5 Å². The van der Waals surface area contributed by atoms with Gasteiger partial charge in [-0.1, -0.05) is 0 Å². The Morgan fingerprint density at radius 1 is 1.61 bits per heavy atom. The second-order valence-corrected chi connectivity index (χ2v) is 5.52. The molecule has 18 heavy (non-hydrogen) atoms. The van der Waals surface area contributed by atoms with Crippen molar-refractivity contribution in [2.45, 2.75) is 19.3 Å². The Labute approximate surface area is 113 Å². The van der Waals surface area contributed by atoms with E-state index in [0.717, 1.165) is 19.3 Å². The molecule has 0 bridgehead atoms.